The molecule has 3 aromatic carbocycles. The maximum absolute atomic E-state index is 5.81. The van der Waals surface area contributed by atoms with Crippen LogP contribution in [0.25, 0.3) is 21.9 Å². The molecule has 23 heavy (non-hydrogen) atoms. The minimum Gasteiger partial charge on any atom is -0.454 e. The lowest BCUT2D eigenvalue weighted by Crippen LogP contribution is -1.97. The fourth-order valence-electron chi connectivity index (χ4n) is 3.46. The molecule has 1 heterocycles. The van der Waals surface area contributed by atoms with Gasteiger partial charge in [-0.2, -0.15) is 0 Å². The van der Waals surface area contributed by atoms with Gasteiger partial charge in [0.2, 0.25) is 6.79 Å². The zero-order chi connectivity index (χ0) is 16.0. The van der Waals surface area contributed by atoms with Gasteiger partial charge in [0.15, 0.2) is 11.5 Å². The van der Waals surface area contributed by atoms with E-state index in [1.54, 1.807) is 0 Å². The van der Waals surface area contributed by atoms with Crippen LogP contribution in [0.3, 0.4) is 0 Å². The van der Waals surface area contributed by atoms with E-state index in [-0.39, 0.29) is 0 Å². The standard InChI is InChI=1S/C20H19O2P/c1-3-16-12(2)10-14-6-9-17-20(22-11-21-17)19(14)18(16)13-4-7-15(23)8-5-13/h4-10H,3,11,23H2,1-2H3. The maximum atomic E-state index is 5.81. The monoisotopic (exact) mass is 322 g/mol. The normalized spacial score (nSPS) is 12.8. The van der Waals surface area contributed by atoms with Crippen LogP contribution in [-0.4, -0.2) is 6.79 Å². The molecule has 1 atom stereocenters. The number of fused-ring (bicyclic) bond motifs is 3. The van der Waals surface area contributed by atoms with E-state index < -0.39 is 0 Å². The van der Waals surface area contributed by atoms with Crippen molar-refractivity contribution in [1.82, 2.24) is 0 Å². The minimum absolute atomic E-state index is 0.299. The lowest BCUT2D eigenvalue weighted by Gasteiger charge is -2.17. The topological polar surface area (TPSA) is 18.5 Å². The van der Waals surface area contributed by atoms with E-state index in [4.69, 9.17) is 9.47 Å². The summed E-state index contributed by atoms with van der Waals surface area (Å²) < 4.78 is 11.4. The Kier molecular flexibility index (Phi) is 3.50. The van der Waals surface area contributed by atoms with Gasteiger partial charge >= 0.3 is 0 Å². The first-order valence-corrected chi connectivity index (χ1v) is 8.47. The highest BCUT2D eigenvalue weighted by atomic mass is 31.0. The lowest BCUT2D eigenvalue weighted by atomic mass is 9.88. The van der Waals surface area contributed by atoms with Crippen LogP contribution in [0.5, 0.6) is 11.5 Å². The van der Waals surface area contributed by atoms with Crippen molar-refractivity contribution < 1.29 is 9.47 Å². The fourth-order valence-corrected chi connectivity index (χ4v) is 3.65. The Bertz CT molecular complexity index is 898. The molecule has 1 unspecified atom stereocenters. The van der Waals surface area contributed by atoms with Crippen LogP contribution in [0.4, 0.5) is 0 Å². The average molecular weight is 322 g/mol. The first-order chi connectivity index (χ1) is 11.2. The second-order valence-electron chi connectivity index (χ2n) is 5.92. The van der Waals surface area contributed by atoms with Gasteiger partial charge in [0, 0.05) is 5.39 Å². The van der Waals surface area contributed by atoms with Gasteiger partial charge in [-0.3, -0.25) is 0 Å². The van der Waals surface area contributed by atoms with Crippen molar-refractivity contribution in [2.24, 2.45) is 0 Å². The first kappa shape index (κ1) is 14.5. The molecule has 0 amide bonds. The number of rotatable bonds is 2. The molecular formula is C20H19O2P. The van der Waals surface area contributed by atoms with Crippen LogP contribution >= 0.6 is 9.24 Å². The summed E-state index contributed by atoms with van der Waals surface area (Å²) in [7, 11) is 2.74. The smallest absolute Gasteiger partial charge is 0.231 e. The first-order valence-electron chi connectivity index (χ1n) is 7.89. The molecule has 0 saturated heterocycles. The average Bonchev–Trinajstić information content (AvgIpc) is 3.03. The predicted molar refractivity (Wildman–Crippen MR) is 99.0 cm³/mol. The van der Waals surface area contributed by atoms with Gasteiger partial charge in [-0.25, -0.2) is 0 Å². The molecule has 0 saturated carbocycles. The number of hydrogen-bond acceptors (Lipinski definition) is 2. The molecule has 4 rings (SSSR count). The van der Waals surface area contributed by atoms with Crippen LogP contribution in [0.1, 0.15) is 18.1 Å². The Morgan fingerprint density at radius 1 is 1.04 bits per heavy atom. The van der Waals surface area contributed by atoms with Crippen LogP contribution in [0.2, 0.25) is 0 Å². The number of ether oxygens (including phenoxy) is 2. The summed E-state index contributed by atoms with van der Waals surface area (Å²) in [5, 5.41) is 3.56. The van der Waals surface area contributed by atoms with Crippen molar-refractivity contribution in [3.8, 4) is 22.6 Å². The van der Waals surface area contributed by atoms with Gasteiger partial charge in [0.1, 0.15) is 0 Å². The van der Waals surface area contributed by atoms with Gasteiger partial charge < -0.3 is 9.47 Å². The number of hydrogen-bond donors (Lipinski definition) is 0. The summed E-state index contributed by atoms with van der Waals surface area (Å²) in [4.78, 5) is 0. The highest BCUT2D eigenvalue weighted by Gasteiger charge is 2.22. The Balaban J connectivity index is 2.14. The van der Waals surface area contributed by atoms with E-state index in [1.165, 1.54) is 38.3 Å². The molecule has 0 fully saturated rings. The minimum atomic E-state index is 0.299. The molecule has 0 aromatic heterocycles. The summed E-state index contributed by atoms with van der Waals surface area (Å²) in [5.41, 5.74) is 5.20. The summed E-state index contributed by atoms with van der Waals surface area (Å²) in [6.45, 7) is 4.70. The van der Waals surface area contributed by atoms with E-state index in [1.807, 2.05) is 6.07 Å². The van der Waals surface area contributed by atoms with Gasteiger partial charge in [-0.15, -0.1) is 9.24 Å². The Morgan fingerprint density at radius 2 is 1.83 bits per heavy atom. The largest absolute Gasteiger partial charge is 0.454 e. The Morgan fingerprint density at radius 3 is 2.57 bits per heavy atom. The van der Waals surface area contributed by atoms with Crippen molar-refractivity contribution in [1.29, 1.82) is 0 Å². The molecule has 3 heteroatoms. The molecule has 0 spiro atoms. The number of aryl methyl sites for hydroxylation is 1. The molecule has 1 aliphatic rings. The maximum Gasteiger partial charge on any atom is 0.231 e. The summed E-state index contributed by atoms with van der Waals surface area (Å²) >= 11 is 0. The van der Waals surface area contributed by atoms with Crippen molar-refractivity contribution in [2.75, 3.05) is 6.79 Å². The third-order valence-electron chi connectivity index (χ3n) is 4.52. The van der Waals surface area contributed by atoms with E-state index >= 15 is 0 Å². The summed E-state index contributed by atoms with van der Waals surface area (Å²) in [6.07, 6.45) is 0.990. The van der Waals surface area contributed by atoms with E-state index in [2.05, 4.69) is 59.5 Å². The van der Waals surface area contributed by atoms with Crippen molar-refractivity contribution in [3.63, 3.8) is 0 Å². The second kappa shape index (κ2) is 5.54. The van der Waals surface area contributed by atoms with Crippen molar-refractivity contribution in [3.05, 3.63) is 53.6 Å². The van der Waals surface area contributed by atoms with Crippen molar-refractivity contribution >= 4 is 25.3 Å². The second-order valence-corrected chi connectivity index (χ2v) is 6.59. The van der Waals surface area contributed by atoms with Crippen LogP contribution in [0.15, 0.2) is 42.5 Å². The molecule has 0 radical (unpaired) electrons. The zero-order valence-corrected chi connectivity index (χ0v) is 14.5. The summed E-state index contributed by atoms with van der Waals surface area (Å²) in [5.74, 6) is 1.72. The Labute approximate surface area is 138 Å². The van der Waals surface area contributed by atoms with Crippen LogP contribution < -0.4 is 14.8 Å². The predicted octanol–water partition coefficient (Wildman–Crippen LogP) is 4.61. The molecular weight excluding hydrogens is 303 g/mol. The molecule has 0 bridgehead atoms. The molecule has 1 aliphatic heterocycles. The van der Waals surface area contributed by atoms with Gasteiger partial charge in [-0.05, 0) is 52.4 Å². The highest BCUT2D eigenvalue weighted by Crippen LogP contribution is 2.46. The lowest BCUT2D eigenvalue weighted by molar-refractivity contribution is 0.175. The van der Waals surface area contributed by atoms with E-state index in [9.17, 15) is 0 Å². The molecule has 2 nitrogen and oxygen atoms in total. The molecule has 0 aliphatic carbocycles. The van der Waals surface area contributed by atoms with E-state index in [0.717, 1.165) is 17.9 Å². The SMILES string of the molecule is CCc1c(C)cc2ccc3c(c2c1-c1ccc(P)cc1)OCO3. The highest BCUT2D eigenvalue weighted by molar-refractivity contribution is 7.27. The van der Waals surface area contributed by atoms with E-state index in [0.29, 0.717) is 6.79 Å². The quantitative estimate of drug-likeness (QED) is 0.642. The van der Waals surface area contributed by atoms with Gasteiger partial charge in [0.05, 0.1) is 0 Å². The number of benzene rings is 3. The fraction of sp³-hybridized carbons (Fsp3) is 0.200. The molecule has 3 aromatic rings. The van der Waals surface area contributed by atoms with Crippen LogP contribution in [-0.2, 0) is 6.42 Å². The van der Waals surface area contributed by atoms with Crippen LogP contribution in [0, 0.1) is 6.92 Å². The summed E-state index contributed by atoms with van der Waals surface area (Å²) in [6, 6.07) is 15.0. The van der Waals surface area contributed by atoms with Gasteiger partial charge in [-0.1, -0.05) is 43.3 Å². The molecule has 116 valence electrons. The third-order valence-corrected chi connectivity index (χ3v) is 4.91. The molecule has 0 N–H and O–H groups in total. The zero-order valence-electron chi connectivity index (χ0n) is 13.3. The van der Waals surface area contributed by atoms with Crippen molar-refractivity contribution in [2.45, 2.75) is 20.3 Å². The third kappa shape index (κ3) is 2.29. The van der Waals surface area contributed by atoms with Gasteiger partial charge in [0.25, 0.3) is 0 Å². The Hall–Kier alpha value is -2.05.